The van der Waals surface area contributed by atoms with Gasteiger partial charge in [-0.15, -0.1) is 0 Å². The molecule has 3 aromatic carbocycles. The smallest absolute Gasteiger partial charge is 0.407 e. The summed E-state index contributed by atoms with van der Waals surface area (Å²) < 4.78 is 16.2. The highest BCUT2D eigenvalue weighted by molar-refractivity contribution is 8.08. The molecule has 0 amide bonds. The zero-order chi connectivity index (χ0) is 24.0. The van der Waals surface area contributed by atoms with Gasteiger partial charge in [-0.25, -0.2) is 0 Å². The lowest BCUT2D eigenvalue weighted by molar-refractivity contribution is -0.384. The van der Waals surface area contributed by atoms with Crippen LogP contribution in [-0.4, -0.2) is 8.72 Å². The van der Waals surface area contributed by atoms with Crippen LogP contribution in [0.3, 0.4) is 0 Å². The predicted octanol–water partition coefficient (Wildman–Crippen LogP) is 8.48. The molecule has 0 N–H and O–H groups in total. The first-order valence-corrected chi connectivity index (χ1v) is 13.5. The molecule has 172 valence electrons. The first-order valence-electron chi connectivity index (χ1n) is 9.04. The SMILES string of the molecule is O=[N+]([O-])c1ccc(OP2(=S)Oc3ccc(Cl)cc3C(C(Cl)(Cl)Cl)c3cc(Cl)ccc3O2)cc1. The van der Waals surface area contributed by atoms with E-state index < -0.39 is 21.4 Å². The van der Waals surface area contributed by atoms with Gasteiger partial charge in [-0.3, -0.25) is 10.1 Å². The number of nitro groups is 1. The fourth-order valence-corrected chi connectivity index (χ4v) is 6.34. The maximum atomic E-state index is 10.9. The van der Waals surface area contributed by atoms with E-state index in [1.165, 1.54) is 24.3 Å². The molecular formula is C20H11Cl5NO5PS. The largest absolute Gasteiger partial charge is 0.490 e. The van der Waals surface area contributed by atoms with Gasteiger partial charge in [-0.05, 0) is 48.5 Å². The van der Waals surface area contributed by atoms with Gasteiger partial charge in [0.2, 0.25) is 3.79 Å². The molecule has 0 aliphatic carbocycles. The van der Waals surface area contributed by atoms with E-state index >= 15 is 0 Å². The number of nitrogens with zero attached hydrogens (tertiary/aromatic N) is 1. The van der Waals surface area contributed by atoms with Gasteiger partial charge in [0.1, 0.15) is 17.2 Å². The third-order valence-corrected chi connectivity index (χ3v) is 7.65. The molecule has 13 heteroatoms. The number of nitro benzene ring substituents is 1. The monoisotopic (exact) mass is 583 g/mol. The van der Waals surface area contributed by atoms with Gasteiger partial charge in [-0.2, -0.15) is 0 Å². The van der Waals surface area contributed by atoms with Gasteiger partial charge >= 0.3 is 6.72 Å². The fourth-order valence-electron chi connectivity index (χ4n) is 3.23. The topological polar surface area (TPSA) is 70.8 Å². The molecule has 0 saturated carbocycles. The van der Waals surface area contributed by atoms with Crippen molar-refractivity contribution >= 4 is 82.2 Å². The van der Waals surface area contributed by atoms with E-state index in [0.29, 0.717) is 21.2 Å². The molecule has 0 fully saturated rings. The molecule has 33 heavy (non-hydrogen) atoms. The van der Waals surface area contributed by atoms with Crippen molar-refractivity contribution in [1.82, 2.24) is 0 Å². The summed E-state index contributed by atoms with van der Waals surface area (Å²) in [6.45, 7) is -3.57. The summed E-state index contributed by atoms with van der Waals surface area (Å²) in [6, 6.07) is 14.9. The van der Waals surface area contributed by atoms with Gasteiger partial charge in [0.25, 0.3) is 5.69 Å². The first-order chi connectivity index (χ1) is 15.4. The quantitative estimate of drug-likeness (QED) is 0.133. The highest BCUT2D eigenvalue weighted by atomic mass is 35.6. The highest BCUT2D eigenvalue weighted by Gasteiger charge is 2.43. The second-order valence-corrected chi connectivity index (χ2v) is 12.8. The summed E-state index contributed by atoms with van der Waals surface area (Å²) in [7, 11) is 0. The van der Waals surface area contributed by atoms with E-state index in [4.69, 9.17) is 83.4 Å². The molecular weight excluding hydrogens is 575 g/mol. The Morgan fingerprint density at radius 2 is 1.39 bits per heavy atom. The molecule has 6 nitrogen and oxygen atoms in total. The van der Waals surface area contributed by atoms with Gasteiger partial charge < -0.3 is 13.6 Å². The lowest BCUT2D eigenvalue weighted by Crippen LogP contribution is -2.23. The summed E-state index contributed by atoms with van der Waals surface area (Å²) in [5.74, 6) is -0.167. The van der Waals surface area contributed by atoms with Crippen molar-refractivity contribution in [2.45, 2.75) is 9.71 Å². The number of hydrogen-bond donors (Lipinski definition) is 0. The number of non-ortho nitro benzene ring substituents is 1. The summed E-state index contributed by atoms with van der Waals surface area (Å²) in [6.07, 6.45) is 0. The van der Waals surface area contributed by atoms with Gasteiger partial charge in [0.05, 0.1) is 10.8 Å². The van der Waals surface area contributed by atoms with Crippen LogP contribution < -0.4 is 13.6 Å². The van der Waals surface area contributed by atoms with Gasteiger partial charge in [0, 0.05) is 45.1 Å². The lowest BCUT2D eigenvalue weighted by atomic mass is 9.91. The number of rotatable bonds is 3. The molecule has 1 aliphatic heterocycles. The van der Waals surface area contributed by atoms with E-state index in [0.717, 1.165) is 0 Å². The first kappa shape index (κ1) is 24.7. The Bertz CT molecular complexity index is 1230. The Labute approximate surface area is 218 Å². The zero-order valence-corrected chi connectivity index (χ0v) is 21.6. The van der Waals surface area contributed by atoms with Crippen molar-refractivity contribution < 1.29 is 18.5 Å². The molecule has 0 atom stereocenters. The van der Waals surface area contributed by atoms with Crippen molar-refractivity contribution in [3.8, 4) is 17.2 Å². The highest BCUT2D eigenvalue weighted by Crippen LogP contribution is 2.59. The van der Waals surface area contributed by atoms with E-state index in [9.17, 15) is 10.1 Å². The number of hydrogen-bond acceptors (Lipinski definition) is 6. The average Bonchev–Trinajstić information content (AvgIpc) is 2.70. The van der Waals surface area contributed by atoms with Crippen LogP contribution in [0.15, 0.2) is 60.7 Å². The number of fused-ring (bicyclic) bond motifs is 2. The number of halogens is 5. The zero-order valence-electron chi connectivity index (χ0n) is 16.1. The molecule has 3 aromatic rings. The molecule has 0 radical (unpaired) electrons. The van der Waals surface area contributed by atoms with Crippen LogP contribution in [0.2, 0.25) is 10.0 Å². The molecule has 4 rings (SSSR count). The van der Waals surface area contributed by atoms with E-state index in [2.05, 4.69) is 0 Å². The van der Waals surface area contributed by atoms with Crippen LogP contribution in [-0.2, 0) is 11.8 Å². The minimum Gasteiger partial charge on any atom is -0.407 e. The van der Waals surface area contributed by atoms with E-state index in [1.54, 1.807) is 36.4 Å². The maximum Gasteiger partial charge on any atom is 0.490 e. The summed E-state index contributed by atoms with van der Waals surface area (Å²) in [5, 5.41) is 11.7. The normalized spacial score (nSPS) is 19.7. The standard InChI is InChI=1S/C20H11Cl5NO5PS/c21-11-1-7-17-15(9-11)19(20(23,24)25)16-10-12(22)2-8-18(16)31-32(33,30-17)29-14-5-3-13(4-6-14)26(27)28/h1-10,19H. The van der Waals surface area contributed by atoms with Crippen LogP contribution in [0.4, 0.5) is 5.69 Å². The molecule has 0 saturated heterocycles. The van der Waals surface area contributed by atoms with Crippen LogP contribution >= 0.6 is 64.7 Å². The lowest BCUT2D eigenvalue weighted by Gasteiger charge is -2.34. The van der Waals surface area contributed by atoms with Gasteiger partial charge in [0.15, 0.2) is 0 Å². The average molecular weight is 586 g/mol. The van der Waals surface area contributed by atoms with Crippen molar-refractivity contribution in [1.29, 1.82) is 0 Å². The second kappa shape index (κ2) is 9.31. The Kier molecular flexibility index (Phi) is 6.96. The number of alkyl halides is 3. The molecule has 0 unspecified atom stereocenters. The van der Waals surface area contributed by atoms with E-state index in [-0.39, 0.29) is 22.9 Å². The fraction of sp³-hybridized carbons (Fsp3) is 0.100. The molecule has 0 spiro atoms. The van der Waals surface area contributed by atoms with Crippen molar-refractivity contribution in [3.05, 3.63) is 92.0 Å². The summed E-state index contributed by atoms with van der Waals surface area (Å²) >= 11 is 37.3. The predicted molar refractivity (Wildman–Crippen MR) is 134 cm³/mol. The Balaban J connectivity index is 1.86. The molecule has 1 heterocycles. The number of benzene rings is 3. The Morgan fingerprint density at radius 1 is 0.909 bits per heavy atom. The molecule has 1 aliphatic rings. The maximum absolute atomic E-state index is 10.9. The third-order valence-electron chi connectivity index (χ3n) is 4.58. The van der Waals surface area contributed by atoms with Gasteiger partial charge in [-0.1, -0.05) is 58.0 Å². The van der Waals surface area contributed by atoms with Crippen LogP contribution in [0.5, 0.6) is 17.2 Å². The van der Waals surface area contributed by atoms with Crippen molar-refractivity contribution in [2.24, 2.45) is 0 Å². The molecule has 0 aromatic heterocycles. The Morgan fingerprint density at radius 3 is 1.82 bits per heavy atom. The second-order valence-electron chi connectivity index (χ2n) is 6.81. The van der Waals surface area contributed by atoms with E-state index in [1.807, 2.05) is 0 Å². The minimum absolute atomic E-state index is 0.107. The van der Waals surface area contributed by atoms with Crippen molar-refractivity contribution in [3.63, 3.8) is 0 Å². The van der Waals surface area contributed by atoms with Crippen LogP contribution in [0, 0.1) is 10.1 Å². The molecule has 0 bridgehead atoms. The summed E-state index contributed by atoms with van der Waals surface area (Å²) in [4.78, 5) is 10.4. The van der Waals surface area contributed by atoms with Crippen LogP contribution in [0.1, 0.15) is 17.0 Å². The summed E-state index contributed by atoms with van der Waals surface area (Å²) in [5.41, 5.74) is 0.774. The third kappa shape index (κ3) is 5.46. The minimum atomic E-state index is -3.57. The Hall–Kier alpha value is -1.44. The van der Waals surface area contributed by atoms with Crippen molar-refractivity contribution in [2.75, 3.05) is 0 Å². The van der Waals surface area contributed by atoms with Crippen LogP contribution in [0.25, 0.3) is 0 Å².